The number of hydrogen-bond acceptors (Lipinski definition) is 4. The van der Waals surface area contributed by atoms with Crippen LogP contribution in [-0.4, -0.2) is 23.6 Å². The fourth-order valence-electron chi connectivity index (χ4n) is 2.06. The zero-order valence-electron chi connectivity index (χ0n) is 10.7. The van der Waals surface area contributed by atoms with Gasteiger partial charge in [-0.1, -0.05) is 27.7 Å². The molecular formula is C12H20N2O3. The number of Topliss-reactive ketones (excluding diaryl/α,β-unsaturated/α-hetero) is 1. The van der Waals surface area contributed by atoms with Gasteiger partial charge in [-0.05, 0) is 11.8 Å². The number of nitrogens with one attached hydrogen (secondary N) is 1. The van der Waals surface area contributed by atoms with Crippen LogP contribution in [0.25, 0.3) is 0 Å². The first-order valence-corrected chi connectivity index (χ1v) is 5.77. The standard InChI is InChI=1S/C12H20N2O3/c1-6-8(11(17)14-10(6)16)9(15)7(13)5-12(2,3)4/h6-8H,5,13H2,1-4H3,(H,14,16,17)/t6-,7-,8+/m0/s1. The Morgan fingerprint density at radius 1 is 1.35 bits per heavy atom. The summed E-state index contributed by atoms with van der Waals surface area (Å²) in [5.41, 5.74) is 5.73. The summed E-state index contributed by atoms with van der Waals surface area (Å²) in [5.74, 6) is -2.77. The van der Waals surface area contributed by atoms with E-state index in [1.807, 2.05) is 20.8 Å². The van der Waals surface area contributed by atoms with Crippen LogP contribution in [0, 0.1) is 17.3 Å². The van der Waals surface area contributed by atoms with Crippen molar-refractivity contribution in [3.05, 3.63) is 0 Å². The lowest BCUT2D eigenvalue weighted by atomic mass is 9.81. The van der Waals surface area contributed by atoms with Crippen LogP contribution in [0.2, 0.25) is 0 Å². The van der Waals surface area contributed by atoms with E-state index in [0.717, 1.165) is 0 Å². The fourth-order valence-corrected chi connectivity index (χ4v) is 2.06. The maximum Gasteiger partial charge on any atom is 0.238 e. The Morgan fingerprint density at radius 2 is 1.88 bits per heavy atom. The quantitative estimate of drug-likeness (QED) is 0.546. The van der Waals surface area contributed by atoms with Crippen molar-refractivity contribution in [1.29, 1.82) is 0 Å². The predicted octanol–water partition coefficient (Wildman–Crippen LogP) is 0.228. The number of imide groups is 1. The summed E-state index contributed by atoms with van der Waals surface area (Å²) in [6.45, 7) is 7.50. The van der Waals surface area contributed by atoms with Gasteiger partial charge in [-0.2, -0.15) is 0 Å². The molecule has 0 aliphatic carbocycles. The second-order valence-electron chi connectivity index (χ2n) is 5.89. The summed E-state index contributed by atoms with van der Waals surface area (Å²) in [6.07, 6.45) is 0.497. The van der Waals surface area contributed by atoms with Gasteiger partial charge in [0.05, 0.1) is 12.0 Å². The van der Waals surface area contributed by atoms with Crippen LogP contribution in [0.4, 0.5) is 0 Å². The van der Waals surface area contributed by atoms with Gasteiger partial charge in [0.1, 0.15) is 5.92 Å². The number of carbonyl (C=O) groups is 3. The van der Waals surface area contributed by atoms with Crippen molar-refractivity contribution in [2.24, 2.45) is 23.0 Å². The molecule has 0 aromatic carbocycles. The molecule has 1 aliphatic rings. The molecule has 1 saturated heterocycles. The lowest BCUT2D eigenvalue weighted by Crippen LogP contribution is -2.42. The molecule has 17 heavy (non-hydrogen) atoms. The molecule has 1 heterocycles. The summed E-state index contributed by atoms with van der Waals surface area (Å²) in [6, 6.07) is -0.695. The third-order valence-electron chi connectivity index (χ3n) is 2.95. The van der Waals surface area contributed by atoms with Crippen LogP contribution in [0.1, 0.15) is 34.1 Å². The molecule has 0 bridgehead atoms. The third kappa shape index (κ3) is 3.12. The van der Waals surface area contributed by atoms with Gasteiger partial charge in [0.2, 0.25) is 11.8 Å². The highest BCUT2D eigenvalue weighted by Crippen LogP contribution is 2.25. The van der Waals surface area contributed by atoms with Crippen molar-refractivity contribution >= 4 is 17.6 Å². The summed E-state index contributed by atoms with van der Waals surface area (Å²) in [7, 11) is 0. The number of nitrogens with two attached hydrogens (primary N) is 1. The van der Waals surface area contributed by atoms with E-state index in [0.29, 0.717) is 6.42 Å². The van der Waals surface area contributed by atoms with Crippen molar-refractivity contribution < 1.29 is 14.4 Å². The lowest BCUT2D eigenvalue weighted by molar-refractivity contribution is -0.134. The maximum atomic E-state index is 12.1. The van der Waals surface area contributed by atoms with Gasteiger partial charge in [-0.15, -0.1) is 0 Å². The Hall–Kier alpha value is -1.23. The molecule has 5 heteroatoms. The summed E-state index contributed by atoms with van der Waals surface area (Å²) in [4.78, 5) is 34.8. The van der Waals surface area contributed by atoms with Crippen molar-refractivity contribution in [3.63, 3.8) is 0 Å². The second-order valence-corrected chi connectivity index (χ2v) is 5.89. The normalized spacial score (nSPS) is 26.9. The Bertz CT molecular complexity index is 357. The Balaban J connectivity index is 2.77. The minimum Gasteiger partial charge on any atom is -0.321 e. The van der Waals surface area contributed by atoms with Gasteiger partial charge in [0.15, 0.2) is 5.78 Å². The molecule has 1 fully saturated rings. The van der Waals surface area contributed by atoms with Crippen molar-refractivity contribution in [1.82, 2.24) is 5.32 Å². The smallest absolute Gasteiger partial charge is 0.238 e. The highest BCUT2D eigenvalue weighted by Gasteiger charge is 2.45. The molecule has 3 atom stereocenters. The molecule has 96 valence electrons. The monoisotopic (exact) mass is 240 g/mol. The summed E-state index contributed by atoms with van der Waals surface area (Å²) >= 11 is 0. The molecule has 0 unspecified atom stereocenters. The van der Waals surface area contributed by atoms with E-state index >= 15 is 0 Å². The van der Waals surface area contributed by atoms with Crippen molar-refractivity contribution in [3.8, 4) is 0 Å². The van der Waals surface area contributed by atoms with E-state index in [1.54, 1.807) is 6.92 Å². The molecule has 0 spiro atoms. The molecule has 1 aliphatic heterocycles. The second kappa shape index (κ2) is 4.56. The zero-order chi connectivity index (χ0) is 13.4. The highest BCUT2D eigenvalue weighted by molar-refractivity contribution is 6.16. The van der Waals surface area contributed by atoms with Gasteiger partial charge < -0.3 is 5.73 Å². The average molecular weight is 240 g/mol. The first-order valence-electron chi connectivity index (χ1n) is 5.77. The number of ketones is 1. The summed E-state index contributed by atoms with van der Waals surface area (Å²) in [5, 5.41) is 2.16. The zero-order valence-corrected chi connectivity index (χ0v) is 10.7. The van der Waals surface area contributed by atoms with Crippen LogP contribution >= 0.6 is 0 Å². The maximum absolute atomic E-state index is 12.1. The minimum atomic E-state index is -0.917. The molecule has 0 radical (unpaired) electrons. The molecular weight excluding hydrogens is 220 g/mol. The van der Waals surface area contributed by atoms with Gasteiger partial charge in [0.25, 0.3) is 0 Å². The van der Waals surface area contributed by atoms with Gasteiger partial charge in [-0.25, -0.2) is 0 Å². The number of hydrogen-bond donors (Lipinski definition) is 2. The molecule has 3 N–H and O–H groups in total. The fraction of sp³-hybridized carbons (Fsp3) is 0.750. The number of amides is 2. The first-order chi connectivity index (χ1) is 7.63. The Kier molecular flexibility index (Phi) is 3.71. The van der Waals surface area contributed by atoms with Crippen LogP contribution in [0.15, 0.2) is 0 Å². The molecule has 0 aromatic heterocycles. The SMILES string of the molecule is C[C@@H]1C(=O)NC(=O)[C@H]1C(=O)[C@@H](N)CC(C)(C)C. The lowest BCUT2D eigenvalue weighted by Gasteiger charge is -2.24. The minimum absolute atomic E-state index is 0.0859. The van der Waals surface area contributed by atoms with Crippen LogP contribution < -0.4 is 11.1 Å². The van der Waals surface area contributed by atoms with Crippen molar-refractivity contribution in [2.75, 3.05) is 0 Å². The van der Waals surface area contributed by atoms with E-state index in [-0.39, 0.29) is 11.2 Å². The van der Waals surface area contributed by atoms with E-state index < -0.39 is 29.7 Å². The average Bonchev–Trinajstić information content (AvgIpc) is 2.37. The molecule has 1 rings (SSSR count). The number of carbonyl (C=O) groups excluding carboxylic acids is 3. The van der Waals surface area contributed by atoms with Gasteiger partial charge in [0, 0.05) is 0 Å². The largest absolute Gasteiger partial charge is 0.321 e. The van der Waals surface area contributed by atoms with Gasteiger partial charge >= 0.3 is 0 Å². The van der Waals surface area contributed by atoms with E-state index in [2.05, 4.69) is 5.32 Å². The third-order valence-corrected chi connectivity index (χ3v) is 2.95. The molecule has 0 aromatic rings. The van der Waals surface area contributed by atoms with Gasteiger partial charge in [-0.3, -0.25) is 19.7 Å². The molecule has 2 amide bonds. The Labute approximate surface area is 101 Å². The van der Waals surface area contributed by atoms with E-state index in [1.165, 1.54) is 0 Å². The van der Waals surface area contributed by atoms with E-state index in [4.69, 9.17) is 5.73 Å². The molecule has 0 saturated carbocycles. The first kappa shape index (κ1) is 13.8. The predicted molar refractivity (Wildman–Crippen MR) is 62.9 cm³/mol. The van der Waals surface area contributed by atoms with Crippen LogP contribution in [-0.2, 0) is 14.4 Å². The highest BCUT2D eigenvalue weighted by atomic mass is 16.2. The summed E-state index contributed by atoms with van der Waals surface area (Å²) < 4.78 is 0. The van der Waals surface area contributed by atoms with E-state index in [9.17, 15) is 14.4 Å². The van der Waals surface area contributed by atoms with Crippen molar-refractivity contribution in [2.45, 2.75) is 40.2 Å². The Morgan fingerprint density at radius 3 is 2.24 bits per heavy atom. The van der Waals surface area contributed by atoms with Crippen LogP contribution in [0.3, 0.4) is 0 Å². The topological polar surface area (TPSA) is 89.3 Å². The number of rotatable bonds is 3. The van der Waals surface area contributed by atoms with Crippen LogP contribution in [0.5, 0.6) is 0 Å². The molecule has 5 nitrogen and oxygen atoms in total.